The normalized spacial score (nSPS) is 30.1. The largest absolute Gasteiger partial charge is 0.480 e. The number of hydrogen-bond donors (Lipinski definition) is 3. The number of aliphatic hydroxyl groups excluding tert-OH is 1. The highest BCUT2D eigenvalue weighted by Crippen LogP contribution is 2.37. The first-order valence-corrected chi connectivity index (χ1v) is 5.62. The van der Waals surface area contributed by atoms with Crippen LogP contribution in [0.15, 0.2) is 0 Å². The van der Waals surface area contributed by atoms with Gasteiger partial charge < -0.3 is 15.5 Å². The van der Waals surface area contributed by atoms with Crippen LogP contribution in [-0.4, -0.2) is 52.5 Å². The summed E-state index contributed by atoms with van der Waals surface area (Å²) in [6.07, 6.45) is -0.752. The first kappa shape index (κ1) is 13.4. The summed E-state index contributed by atoms with van der Waals surface area (Å²) in [5, 5.41) is 22.4. The number of carbonyl (C=O) groups is 1. The monoisotopic (exact) mass is 230 g/mol. The molecule has 0 aliphatic carbocycles. The van der Waals surface area contributed by atoms with E-state index in [1.165, 1.54) is 0 Å². The van der Waals surface area contributed by atoms with E-state index in [2.05, 4.69) is 5.32 Å². The van der Waals surface area contributed by atoms with Gasteiger partial charge in [-0.3, -0.25) is 9.69 Å². The topological polar surface area (TPSA) is 72.8 Å². The van der Waals surface area contributed by atoms with E-state index in [1.54, 1.807) is 11.8 Å². The summed E-state index contributed by atoms with van der Waals surface area (Å²) in [6, 6.07) is 0. The average Bonchev–Trinajstić information content (AvgIpc) is 2.15. The number of aliphatic carboxylic acids is 1. The van der Waals surface area contributed by atoms with E-state index in [1.807, 2.05) is 20.8 Å². The zero-order chi connectivity index (χ0) is 12.6. The number of nitrogens with zero attached hydrogens (tertiary/aromatic N) is 1. The van der Waals surface area contributed by atoms with Crippen LogP contribution in [0.25, 0.3) is 0 Å². The Kier molecular flexibility index (Phi) is 3.62. The highest BCUT2D eigenvalue weighted by molar-refractivity contribution is 5.80. The Hall–Kier alpha value is -0.650. The molecule has 1 aliphatic rings. The molecule has 3 N–H and O–H groups in total. The molecule has 2 unspecified atom stereocenters. The quantitative estimate of drug-likeness (QED) is 0.627. The van der Waals surface area contributed by atoms with Crippen LogP contribution < -0.4 is 5.32 Å². The first-order chi connectivity index (χ1) is 7.23. The van der Waals surface area contributed by atoms with Gasteiger partial charge in [0.25, 0.3) is 0 Å². The third kappa shape index (κ3) is 1.95. The third-order valence-corrected chi connectivity index (χ3v) is 3.45. The fourth-order valence-corrected chi connectivity index (χ4v) is 2.48. The number of rotatable bonds is 2. The molecule has 0 aromatic rings. The highest BCUT2D eigenvalue weighted by Gasteiger charge is 2.55. The Morgan fingerprint density at radius 2 is 2.06 bits per heavy atom. The van der Waals surface area contributed by atoms with E-state index in [9.17, 15) is 15.0 Å². The third-order valence-electron chi connectivity index (χ3n) is 3.45. The number of carboxylic acid groups (broad SMARTS) is 1. The standard InChI is InChI=1S/C11H22N2O3/c1-8(14)13-6-5-12-7-11(13,9(15)16)10(2,3)4/h8,12,14H,5-7H2,1-4H3,(H,15,16). The SMILES string of the molecule is CC(O)N1CCNCC1(C(=O)O)C(C)(C)C. The van der Waals surface area contributed by atoms with Crippen LogP contribution in [-0.2, 0) is 4.79 Å². The maximum Gasteiger partial charge on any atom is 0.326 e. The van der Waals surface area contributed by atoms with Crippen LogP contribution in [0.3, 0.4) is 0 Å². The van der Waals surface area contributed by atoms with Crippen LogP contribution in [0.1, 0.15) is 27.7 Å². The van der Waals surface area contributed by atoms with Crippen LogP contribution in [0, 0.1) is 5.41 Å². The van der Waals surface area contributed by atoms with Gasteiger partial charge in [0.1, 0.15) is 11.8 Å². The zero-order valence-corrected chi connectivity index (χ0v) is 10.4. The molecule has 1 heterocycles. The van der Waals surface area contributed by atoms with Crippen molar-refractivity contribution in [3.05, 3.63) is 0 Å². The second-order valence-electron chi connectivity index (χ2n) is 5.42. The number of aliphatic hydroxyl groups is 1. The fraction of sp³-hybridized carbons (Fsp3) is 0.909. The predicted octanol–water partition coefficient (Wildman–Crippen LogP) is 0.0994. The first-order valence-electron chi connectivity index (χ1n) is 5.62. The molecule has 0 radical (unpaired) electrons. The average molecular weight is 230 g/mol. The Morgan fingerprint density at radius 1 is 1.50 bits per heavy atom. The van der Waals surface area contributed by atoms with Crippen LogP contribution >= 0.6 is 0 Å². The Bertz CT molecular complexity index is 273. The molecule has 16 heavy (non-hydrogen) atoms. The second-order valence-corrected chi connectivity index (χ2v) is 5.42. The van der Waals surface area contributed by atoms with E-state index in [-0.39, 0.29) is 0 Å². The van der Waals surface area contributed by atoms with Crippen molar-refractivity contribution >= 4 is 5.97 Å². The van der Waals surface area contributed by atoms with E-state index >= 15 is 0 Å². The smallest absolute Gasteiger partial charge is 0.326 e. The molecule has 0 amide bonds. The summed E-state index contributed by atoms with van der Waals surface area (Å²) < 4.78 is 0. The minimum Gasteiger partial charge on any atom is -0.480 e. The van der Waals surface area contributed by atoms with Crippen molar-refractivity contribution in [2.24, 2.45) is 5.41 Å². The summed E-state index contributed by atoms with van der Waals surface area (Å²) in [4.78, 5) is 13.3. The molecule has 94 valence electrons. The second kappa shape index (κ2) is 4.31. The highest BCUT2D eigenvalue weighted by atomic mass is 16.4. The predicted molar refractivity (Wildman–Crippen MR) is 61.1 cm³/mol. The molecular formula is C11H22N2O3. The molecule has 0 saturated carbocycles. The van der Waals surface area contributed by atoms with Crippen molar-refractivity contribution in [1.82, 2.24) is 10.2 Å². The lowest BCUT2D eigenvalue weighted by molar-refractivity contribution is -0.176. The molecule has 0 spiro atoms. The van der Waals surface area contributed by atoms with Gasteiger partial charge in [-0.1, -0.05) is 20.8 Å². The molecule has 0 aromatic carbocycles. The molecule has 1 fully saturated rings. The van der Waals surface area contributed by atoms with Gasteiger partial charge in [-0.2, -0.15) is 0 Å². The Balaban J connectivity index is 3.19. The lowest BCUT2D eigenvalue weighted by atomic mass is 9.71. The van der Waals surface area contributed by atoms with Crippen molar-refractivity contribution in [1.29, 1.82) is 0 Å². The summed E-state index contributed by atoms with van der Waals surface area (Å²) >= 11 is 0. The van der Waals surface area contributed by atoms with Crippen LogP contribution in [0.4, 0.5) is 0 Å². The van der Waals surface area contributed by atoms with Gasteiger partial charge in [0, 0.05) is 19.6 Å². The van der Waals surface area contributed by atoms with Gasteiger partial charge in [-0.05, 0) is 12.3 Å². The number of hydrogen-bond acceptors (Lipinski definition) is 4. The summed E-state index contributed by atoms with van der Waals surface area (Å²) in [7, 11) is 0. The van der Waals surface area contributed by atoms with E-state index < -0.39 is 23.2 Å². The molecule has 1 aliphatic heterocycles. The fourth-order valence-electron chi connectivity index (χ4n) is 2.48. The van der Waals surface area contributed by atoms with Crippen molar-refractivity contribution in [3.63, 3.8) is 0 Å². The number of carboxylic acids is 1. The minimum atomic E-state index is -1.06. The minimum absolute atomic E-state index is 0.358. The van der Waals surface area contributed by atoms with Gasteiger partial charge >= 0.3 is 5.97 Å². The van der Waals surface area contributed by atoms with Crippen molar-refractivity contribution in [3.8, 4) is 0 Å². The molecular weight excluding hydrogens is 208 g/mol. The Morgan fingerprint density at radius 3 is 2.38 bits per heavy atom. The van der Waals surface area contributed by atoms with E-state index in [0.29, 0.717) is 19.6 Å². The number of nitrogens with one attached hydrogen (secondary N) is 1. The molecule has 0 bridgehead atoms. The molecule has 1 saturated heterocycles. The molecule has 2 atom stereocenters. The van der Waals surface area contributed by atoms with Gasteiger partial charge in [-0.25, -0.2) is 0 Å². The molecule has 5 nitrogen and oxygen atoms in total. The van der Waals surface area contributed by atoms with Crippen LogP contribution in [0.5, 0.6) is 0 Å². The van der Waals surface area contributed by atoms with Gasteiger partial charge in [0.15, 0.2) is 0 Å². The van der Waals surface area contributed by atoms with Gasteiger partial charge in [0.2, 0.25) is 0 Å². The van der Waals surface area contributed by atoms with E-state index in [0.717, 1.165) is 0 Å². The molecule has 1 rings (SSSR count). The summed E-state index contributed by atoms with van der Waals surface area (Å²) in [5.41, 5.74) is -1.51. The maximum atomic E-state index is 11.6. The summed E-state index contributed by atoms with van der Waals surface area (Å²) in [6.45, 7) is 8.90. The maximum absolute atomic E-state index is 11.6. The van der Waals surface area contributed by atoms with Crippen molar-refractivity contribution < 1.29 is 15.0 Å². The summed E-state index contributed by atoms with van der Waals surface area (Å²) in [5.74, 6) is -0.881. The Labute approximate surface area is 96.4 Å². The van der Waals surface area contributed by atoms with Crippen molar-refractivity contribution in [2.75, 3.05) is 19.6 Å². The molecule has 0 aromatic heterocycles. The molecule has 5 heteroatoms. The number of piperazine rings is 1. The van der Waals surface area contributed by atoms with E-state index in [4.69, 9.17) is 0 Å². The van der Waals surface area contributed by atoms with Gasteiger partial charge in [-0.15, -0.1) is 0 Å². The zero-order valence-electron chi connectivity index (χ0n) is 10.4. The van der Waals surface area contributed by atoms with Crippen LogP contribution in [0.2, 0.25) is 0 Å². The van der Waals surface area contributed by atoms with Gasteiger partial charge in [0.05, 0.1) is 0 Å². The lowest BCUT2D eigenvalue weighted by Crippen LogP contribution is -2.72. The lowest BCUT2D eigenvalue weighted by Gasteiger charge is -2.52. The van der Waals surface area contributed by atoms with Crippen molar-refractivity contribution in [2.45, 2.75) is 39.5 Å².